The highest BCUT2D eigenvalue weighted by molar-refractivity contribution is 7.88. The number of H-pyrrole nitrogens is 1. The Labute approximate surface area is 141 Å². The first kappa shape index (κ1) is 15.6. The number of nitrogens with one attached hydrogen (secondary N) is 2. The summed E-state index contributed by atoms with van der Waals surface area (Å²) in [5, 5.41) is 11.0. The molecule has 0 spiro atoms. The number of rotatable bonds is 4. The van der Waals surface area contributed by atoms with Gasteiger partial charge in [-0.15, -0.1) is 10.2 Å². The van der Waals surface area contributed by atoms with E-state index in [2.05, 4.69) is 26.6 Å². The summed E-state index contributed by atoms with van der Waals surface area (Å²) in [5.74, 6) is 0.379. The summed E-state index contributed by atoms with van der Waals surface area (Å²) in [4.78, 5) is 2.80. The lowest BCUT2D eigenvalue weighted by Gasteiger charge is -2.15. The van der Waals surface area contributed by atoms with Crippen LogP contribution in [-0.4, -0.2) is 42.0 Å². The summed E-state index contributed by atoms with van der Waals surface area (Å²) in [5.41, 5.74) is 6.65. The second kappa shape index (κ2) is 5.56. The van der Waals surface area contributed by atoms with Gasteiger partial charge >= 0.3 is 0 Å². The fourth-order valence-corrected chi connectivity index (χ4v) is 4.39. The number of aryl methyl sites for hydroxylation is 2. The third-order valence-corrected chi connectivity index (χ3v) is 6.54. The van der Waals surface area contributed by atoms with Crippen molar-refractivity contribution in [1.82, 2.24) is 19.5 Å². The van der Waals surface area contributed by atoms with Gasteiger partial charge in [-0.05, 0) is 60.8 Å². The number of anilines is 2. The number of hydrogen-bond acceptors (Lipinski definition) is 5. The molecule has 0 amide bonds. The van der Waals surface area contributed by atoms with Crippen LogP contribution in [0.4, 0.5) is 11.6 Å². The number of aromatic nitrogens is 3. The number of hydrogen-bond donors (Lipinski definition) is 2. The average Bonchev–Trinajstić information content (AvgIpc) is 3.26. The lowest BCUT2D eigenvalue weighted by Crippen LogP contribution is -2.23. The van der Waals surface area contributed by atoms with Gasteiger partial charge in [0.1, 0.15) is 0 Å². The fraction of sp³-hybridized carbons (Fsp3) is 0.500. The summed E-state index contributed by atoms with van der Waals surface area (Å²) in [6.45, 7) is 0. The lowest BCUT2D eigenvalue weighted by atomic mass is 9.99. The lowest BCUT2D eigenvalue weighted by molar-refractivity contribution is 0.512. The zero-order valence-electron chi connectivity index (χ0n) is 13.9. The van der Waals surface area contributed by atoms with Crippen LogP contribution < -0.4 is 5.32 Å². The summed E-state index contributed by atoms with van der Waals surface area (Å²) in [7, 11) is -0.659. The van der Waals surface area contributed by atoms with Gasteiger partial charge in [0, 0.05) is 19.8 Å². The van der Waals surface area contributed by atoms with Crippen molar-refractivity contribution in [2.24, 2.45) is 0 Å². The van der Waals surface area contributed by atoms with Crippen molar-refractivity contribution in [2.75, 3.05) is 19.4 Å². The van der Waals surface area contributed by atoms with Gasteiger partial charge in [-0.3, -0.25) is 4.98 Å². The van der Waals surface area contributed by atoms with Crippen LogP contribution in [0.25, 0.3) is 0 Å². The molecule has 0 atom stereocenters. The van der Waals surface area contributed by atoms with Crippen LogP contribution >= 0.6 is 0 Å². The third kappa shape index (κ3) is 2.41. The fourth-order valence-electron chi connectivity index (χ4n) is 3.68. The molecule has 0 saturated carbocycles. The van der Waals surface area contributed by atoms with E-state index >= 15 is 0 Å². The molecule has 2 N–H and O–H groups in total. The molecule has 8 heteroatoms. The second-order valence-corrected chi connectivity index (χ2v) is 8.69. The highest BCUT2D eigenvalue weighted by Gasteiger charge is 2.26. The maximum atomic E-state index is 12.1. The Bertz CT molecular complexity index is 869. The molecule has 128 valence electrons. The predicted octanol–water partition coefficient (Wildman–Crippen LogP) is 1.78. The van der Waals surface area contributed by atoms with E-state index in [9.17, 15) is 8.42 Å². The van der Waals surface area contributed by atoms with Gasteiger partial charge in [-0.2, -0.15) is 0 Å². The number of aromatic amines is 1. The van der Waals surface area contributed by atoms with Crippen molar-refractivity contribution >= 4 is 21.7 Å². The van der Waals surface area contributed by atoms with Crippen molar-refractivity contribution in [3.63, 3.8) is 0 Å². The first-order valence-corrected chi connectivity index (χ1v) is 9.69. The van der Waals surface area contributed by atoms with Crippen LogP contribution in [0.15, 0.2) is 11.2 Å². The molecule has 2 aliphatic carbocycles. The van der Waals surface area contributed by atoms with Gasteiger partial charge in [-0.25, -0.2) is 12.7 Å². The largest absolute Gasteiger partial charge is 0.324 e. The highest BCUT2D eigenvalue weighted by Crippen LogP contribution is 2.39. The summed E-state index contributed by atoms with van der Waals surface area (Å²) >= 11 is 0. The van der Waals surface area contributed by atoms with Gasteiger partial charge in [0.25, 0.3) is 15.2 Å². The molecule has 2 aliphatic rings. The molecule has 1 aromatic carbocycles. The van der Waals surface area contributed by atoms with E-state index in [1.54, 1.807) is 0 Å². The van der Waals surface area contributed by atoms with Gasteiger partial charge in [0.2, 0.25) is 5.95 Å². The SMILES string of the molecule is CN(C)S(=O)(=O)c1nnc(Nc2c3c(cc4c2CCC4)CCC3)[nH]1. The highest BCUT2D eigenvalue weighted by atomic mass is 32.2. The molecule has 7 nitrogen and oxygen atoms in total. The zero-order valence-corrected chi connectivity index (χ0v) is 14.7. The Kier molecular flexibility index (Phi) is 3.61. The van der Waals surface area contributed by atoms with E-state index in [1.807, 2.05) is 0 Å². The Morgan fingerprint density at radius 1 is 1.04 bits per heavy atom. The van der Waals surface area contributed by atoms with Crippen LogP contribution in [-0.2, 0) is 35.7 Å². The minimum Gasteiger partial charge on any atom is -0.324 e. The molecule has 4 rings (SSSR count). The van der Waals surface area contributed by atoms with E-state index in [0.717, 1.165) is 35.7 Å². The molecular weight excluding hydrogens is 326 g/mol. The number of benzene rings is 1. The van der Waals surface area contributed by atoms with E-state index in [-0.39, 0.29) is 5.16 Å². The standard InChI is InChI=1S/C16H21N5O2S/c1-21(2)24(22,23)16-18-15(19-20-16)17-14-12-7-3-5-10(12)9-11-6-4-8-13(11)14/h9H,3-8H2,1-2H3,(H2,17,18,19,20). The van der Waals surface area contributed by atoms with Crippen molar-refractivity contribution in [1.29, 1.82) is 0 Å². The van der Waals surface area contributed by atoms with Crippen molar-refractivity contribution < 1.29 is 8.42 Å². The average molecular weight is 347 g/mol. The number of fused-ring (bicyclic) bond motifs is 2. The van der Waals surface area contributed by atoms with Gasteiger partial charge in [0.05, 0.1) is 0 Å². The Morgan fingerprint density at radius 3 is 2.25 bits per heavy atom. The smallest absolute Gasteiger partial charge is 0.278 e. The molecule has 0 unspecified atom stereocenters. The molecule has 0 fully saturated rings. The van der Waals surface area contributed by atoms with Crippen LogP contribution in [0.5, 0.6) is 0 Å². The zero-order chi connectivity index (χ0) is 16.9. The number of sulfonamides is 1. The molecule has 0 radical (unpaired) electrons. The summed E-state index contributed by atoms with van der Waals surface area (Å²) in [6, 6.07) is 2.36. The van der Waals surface area contributed by atoms with Crippen LogP contribution in [0.2, 0.25) is 0 Å². The monoisotopic (exact) mass is 347 g/mol. The molecule has 0 saturated heterocycles. The quantitative estimate of drug-likeness (QED) is 0.880. The number of nitrogens with zero attached hydrogens (tertiary/aromatic N) is 3. The van der Waals surface area contributed by atoms with Gasteiger partial charge in [0.15, 0.2) is 0 Å². The van der Waals surface area contributed by atoms with E-state index in [1.165, 1.54) is 49.2 Å². The van der Waals surface area contributed by atoms with E-state index in [0.29, 0.717) is 5.95 Å². The minimum absolute atomic E-state index is 0.140. The molecule has 1 aromatic heterocycles. The maximum absolute atomic E-state index is 12.1. The molecule has 0 bridgehead atoms. The molecule has 0 aliphatic heterocycles. The van der Waals surface area contributed by atoms with Crippen molar-refractivity contribution in [3.05, 3.63) is 28.3 Å². The minimum atomic E-state index is -3.61. The third-order valence-electron chi connectivity index (χ3n) is 4.91. The van der Waals surface area contributed by atoms with Crippen LogP contribution in [0, 0.1) is 0 Å². The van der Waals surface area contributed by atoms with E-state index < -0.39 is 10.0 Å². The predicted molar refractivity (Wildman–Crippen MR) is 91.0 cm³/mol. The van der Waals surface area contributed by atoms with Crippen LogP contribution in [0.3, 0.4) is 0 Å². The molecule has 1 heterocycles. The summed E-state index contributed by atoms with van der Waals surface area (Å²) < 4.78 is 25.4. The first-order chi connectivity index (χ1) is 11.5. The topological polar surface area (TPSA) is 91.0 Å². The van der Waals surface area contributed by atoms with E-state index in [4.69, 9.17) is 0 Å². The van der Waals surface area contributed by atoms with Crippen molar-refractivity contribution in [2.45, 2.75) is 43.7 Å². The summed E-state index contributed by atoms with van der Waals surface area (Å²) in [6.07, 6.45) is 6.69. The van der Waals surface area contributed by atoms with Crippen molar-refractivity contribution in [3.8, 4) is 0 Å². The molecule has 2 aromatic rings. The Hall–Kier alpha value is -1.93. The molecule has 24 heavy (non-hydrogen) atoms. The van der Waals surface area contributed by atoms with Gasteiger partial charge < -0.3 is 5.32 Å². The Balaban J connectivity index is 1.72. The normalized spacial score (nSPS) is 16.5. The molecular formula is C16H21N5O2S. The second-order valence-electron chi connectivity index (χ2n) is 6.63. The maximum Gasteiger partial charge on any atom is 0.278 e. The first-order valence-electron chi connectivity index (χ1n) is 8.25. The van der Waals surface area contributed by atoms with Gasteiger partial charge in [-0.1, -0.05) is 6.07 Å². The Morgan fingerprint density at radius 2 is 1.67 bits per heavy atom. The van der Waals surface area contributed by atoms with Crippen LogP contribution in [0.1, 0.15) is 35.1 Å².